The number of nitrogens with one attached hydrogen (secondary N) is 2. The van der Waals surface area contributed by atoms with E-state index in [0.717, 1.165) is 24.1 Å². The molecule has 1 atom stereocenters. The Labute approximate surface area is 161 Å². The molecule has 0 saturated heterocycles. The summed E-state index contributed by atoms with van der Waals surface area (Å²) in [6.07, 6.45) is -3.62. The third-order valence-corrected chi connectivity index (χ3v) is 4.21. The molecule has 0 saturated carbocycles. The summed E-state index contributed by atoms with van der Waals surface area (Å²) in [6, 6.07) is 10.2. The van der Waals surface area contributed by atoms with Crippen molar-refractivity contribution in [2.75, 3.05) is 19.5 Å². The minimum atomic E-state index is -4.36. The van der Waals surface area contributed by atoms with E-state index in [1.54, 1.807) is 14.2 Å². The number of methoxy groups -OCH3 is 2. The van der Waals surface area contributed by atoms with Crippen LogP contribution in [0.5, 0.6) is 11.5 Å². The molecule has 8 heteroatoms. The van der Waals surface area contributed by atoms with Crippen molar-refractivity contribution in [1.82, 2.24) is 5.32 Å². The fraction of sp³-hybridized carbons (Fsp3) is 0.316. The summed E-state index contributed by atoms with van der Waals surface area (Å²) in [7, 11) is 3.13. The quantitative estimate of drug-likeness (QED) is 0.658. The highest BCUT2D eigenvalue weighted by Crippen LogP contribution is 2.31. The van der Waals surface area contributed by atoms with E-state index in [9.17, 15) is 13.2 Å². The fourth-order valence-corrected chi connectivity index (χ4v) is 2.82. The lowest BCUT2D eigenvalue weighted by Crippen LogP contribution is -2.32. The van der Waals surface area contributed by atoms with Gasteiger partial charge in [0, 0.05) is 5.69 Å². The minimum absolute atomic E-state index is 0.0979. The predicted octanol–water partition coefficient (Wildman–Crippen LogP) is 5.16. The molecule has 27 heavy (non-hydrogen) atoms. The molecule has 0 aliphatic heterocycles. The molecule has 0 aromatic heterocycles. The maximum Gasteiger partial charge on any atom is 0.416 e. The van der Waals surface area contributed by atoms with Crippen LogP contribution in [0, 0.1) is 0 Å². The standard InChI is InChI=1S/C19H21F3N2O2S/c1-4-15(12-5-10-16(25-2)17(11-12)26-3)24-18(27)23-14-8-6-13(7-9-14)19(20,21)22/h5-11,15H,4H2,1-3H3,(H2,23,24,27)/t15-/m1/s1. The maximum atomic E-state index is 12.6. The van der Waals surface area contributed by atoms with Crippen LogP contribution in [0.4, 0.5) is 18.9 Å². The van der Waals surface area contributed by atoms with Crippen LogP contribution in [-0.4, -0.2) is 19.3 Å². The summed E-state index contributed by atoms with van der Waals surface area (Å²) in [6.45, 7) is 2.00. The lowest BCUT2D eigenvalue weighted by atomic mass is 10.0. The van der Waals surface area contributed by atoms with Crippen LogP contribution in [0.3, 0.4) is 0 Å². The predicted molar refractivity (Wildman–Crippen MR) is 103 cm³/mol. The molecule has 0 radical (unpaired) electrons. The molecule has 0 aliphatic carbocycles. The molecule has 0 bridgehead atoms. The van der Waals surface area contributed by atoms with Gasteiger partial charge in [-0.05, 0) is 60.6 Å². The van der Waals surface area contributed by atoms with Gasteiger partial charge in [0.1, 0.15) is 0 Å². The Morgan fingerprint density at radius 1 is 1.04 bits per heavy atom. The third-order valence-electron chi connectivity index (χ3n) is 3.99. The normalized spacial score (nSPS) is 12.2. The number of hydrogen-bond acceptors (Lipinski definition) is 3. The van der Waals surface area contributed by atoms with E-state index in [1.807, 2.05) is 25.1 Å². The van der Waals surface area contributed by atoms with Crippen molar-refractivity contribution in [3.05, 3.63) is 53.6 Å². The van der Waals surface area contributed by atoms with Crippen molar-refractivity contribution in [2.24, 2.45) is 0 Å². The molecule has 4 nitrogen and oxygen atoms in total. The molecular formula is C19H21F3N2O2S. The molecule has 146 valence electrons. The zero-order chi connectivity index (χ0) is 20.0. The smallest absolute Gasteiger partial charge is 0.416 e. The molecule has 0 fully saturated rings. The average molecular weight is 398 g/mol. The molecule has 0 unspecified atom stereocenters. The zero-order valence-corrected chi connectivity index (χ0v) is 16.0. The Morgan fingerprint density at radius 3 is 2.19 bits per heavy atom. The highest BCUT2D eigenvalue weighted by atomic mass is 32.1. The molecule has 2 N–H and O–H groups in total. The number of anilines is 1. The zero-order valence-electron chi connectivity index (χ0n) is 15.2. The Kier molecular flexibility index (Phi) is 6.90. The largest absolute Gasteiger partial charge is 0.493 e. The summed E-state index contributed by atoms with van der Waals surface area (Å²) in [5, 5.41) is 6.39. The molecule has 0 spiro atoms. The Balaban J connectivity index is 2.06. The van der Waals surface area contributed by atoms with Crippen LogP contribution < -0.4 is 20.1 Å². The van der Waals surface area contributed by atoms with E-state index < -0.39 is 11.7 Å². The lowest BCUT2D eigenvalue weighted by molar-refractivity contribution is -0.137. The van der Waals surface area contributed by atoms with Crippen LogP contribution in [-0.2, 0) is 6.18 Å². The fourth-order valence-electron chi connectivity index (χ4n) is 2.56. The van der Waals surface area contributed by atoms with Crippen molar-refractivity contribution >= 4 is 23.0 Å². The first-order valence-electron chi connectivity index (χ1n) is 8.25. The first kappa shape index (κ1) is 20.8. The topological polar surface area (TPSA) is 42.5 Å². The van der Waals surface area contributed by atoms with Gasteiger partial charge in [-0.1, -0.05) is 13.0 Å². The summed E-state index contributed by atoms with van der Waals surface area (Å²) in [5.74, 6) is 1.23. The van der Waals surface area contributed by atoms with Crippen molar-refractivity contribution < 1.29 is 22.6 Å². The SMILES string of the molecule is CC[C@@H](NC(=S)Nc1ccc(C(F)(F)F)cc1)c1ccc(OC)c(OC)c1. The van der Waals surface area contributed by atoms with Gasteiger partial charge in [0.25, 0.3) is 0 Å². The van der Waals surface area contributed by atoms with Gasteiger partial charge in [-0.2, -0.15) is 13.2 Å². The molecule has 2 aromatic rings. The number of benzene rings is 2. The summed E-state index contributed by atoms with van der Waals surface area (Å²) >= 11 is 5.29. The molecule has 2 rings (SSSR count). The van der Waals surface area contributed by atoms with Crippen molar-refractivity contribution in [2.45, 2.75) is 25.6 Å². The molecule has 0 heterocycles. The number of rotatable bonds is 6. The van der Waals surface area contributed by atoms with E-state index in [-0.39, 0.29) is 6.04 Å². The van der Waals surface area contributed by atoms with Crippen LogP contribution in [0.15, 0.2) is 42.5 Å². The Bertz CT molecular complexity index is 780. The Hall–Kier alpha value is -2.48. The number of halogens is 3. The van der Waals surface area contributed by atoms with E-state index in [1.165, 1.54) is 12.1 Å². The van der Waals surface area contributed by atoms with Gasteiger partial charge in [-0.15, -0.1) is 0 Å². The average Bonchev–Trinajstić information content (AvgIpc) is 2.65. The monoisotopic (exact) mass is 398 g/mol. The van der Waals surface area contributed by atoms with Gasteiger partial charge in [0.2, 0.25) is 0 Å². The molecule has 0 amide bonds. The van der Waals surface area contributed by atoms with Crippen LogP contribution in [0.25, 0.3) is 0 Å². The summed E-state index contributed by atoms with van der Waals surface area (Å²) in [4.78, 5) is 0. The first-order valence-corrected chi connectivity index (χ1v) is 8.66. The first-order chi connectivity index (χ1) is 12.8. The lowest BCUT2D eigenvalue weighted by Gasteiger charge is -2.21. The number of thiocarbonyl (C=S) groups is 1. The van der Waals surface area contributed by atoms with Crippen LogP contribution in [0.1, 0.15) is 30.5 Å². The number of ether oxygens (including phenoxy) is 2. The van der Waals surface area contributed by atoms with Gasteiger partial charge in [-0.25, -0.2) is 0 Å². The summed E-state index contributed by atoms with van der Waals surface area (Å²) < 4.78 is 48.4. The van der Waals surface area contributed by atoms with Gasteiger partial charge in [0.05, 0.1) is 25.8 Å². The van der Waals surface area contributed by atoms with Crippen molar-refractivity contribution in [3.63, 3.8) is 0 Å². The van der Waals surface area contributed by atoms with Crippen LogP contribution in [0.2, 0.25) is 0 Å². The second kappa shape index (κ2) is 8.94. The van der Waals surface area contributed by atoms with Crippen LogP contribution >= 0.6 is 12.2 Å². The summed E-state index contributed by atoms with van der Waals surface area (Å²) in [5.41, 5.74) is 0.720. The van der Waals surface area contributed by atoms with E-state index in [0.29, 0.717) is 22.3 Å². The molecule has 0 aliphatic rings. The highest BCUT2D eigenvalue weighted by Gasteiger charge is 2.29. The highest BCUT2D eigenvalue weighted by molar-refractivity contribution is 7.80. The van der Waals surface area contributed by atoms with Gasteiger partial charge in [-0.3, -0.25) is 0 Å². The van der Waals surface area contributed by atoms with Crippen molar-refractivity contribution in [1.29, 1.82) is 0 Å². The third kappa shape index (κ3) is 5.50. The van der Waals surface area contributed by atoms with E-state index in [2.05, 4.69) is 10.6 Å². The van der Waals surface area contributed by atoms with E-state index in [4.69, 9.17) is 21.7 Å². The number of hydrogen-bond donors (Lipinski definition) is 2. The molecule has 2 aromatic carbocycles. The number of alkyl halides is 3. The van der Waals surface area contributed by atoms with Gasteiger partial charge >= 0.3 is 6.18 Å². The van der Waals surface area contributed by atoms with Gasteiger partial charge < -0.3 is 20.1 Å². The maximum absolute atomic E-state index is 12.6. The van der Waals surface area contributed by atoms with E-state index >= 15 is 0 Å². The van der Waals surface area contributed by atoms with Crippen molar-refractivity contribution in [3.8, 4) is 11.5 Å². The second-order valence-electron chi connectivity index (χ2n) is 5.75. The van der Waals surface area contributed by atoms with Gasteiger partial charge in [0.15, 0.2) is 16.6 Å². The Morgan fingerprint density at radius 2 is 1.67 bits per heavy atom. The second-order valence-corrected chi connectivity index (χ2v) is 6.16. The molecular weight excluding hydrogens is 377 g/mol. The minimum Gasteiger partial charge on any atom is -0.493 e.